The van der Waals surface area contributed by atoms with E-state index >= 15 is 0 Å². The summed E-state index contributed by atoms with van der Waals surface area (Å²) in [6.07, 6.45) is 4.00. The zero-order valence-electron chi connectivity index (χ0n) is 14.4. The summed E-state index contributed by atoms with van der Waals surface area (Å²) in [7, 11) is 0. The molecular formula is C19H25N3OS. The van der Waals surface area contributed by atoms with Crippen LogP contribution in [-0.2, 0) is 10.3 Å². The summed E-state index contributed by atoms with van der Waals surface area (Å²) >= 11 is 1.75. The summed E-state index contributed by atoms with van der Waals surface area (Å²) < 4.78 is 1.23. The molecule has 1 unspecified atom stereocenters. The van der Waals surface area contributed by atoms with E-state index in [1.54, 1.807) is 11.3 Å². The van der Waals surface area contributed by atoms with Crippen LogP contribution in [-0.4, -0.2) is 24.0 Å². The maximum absolute atomic E-state index is 11.6. The van der Waals surface area contributed by atoms with E-state index in [0.29, 0.717) is 6.42 Å². The summed E-state index contributed by atoms with van der Waals surface area (Å²) in [5.74, 6) is 1.19. The highest BCUT2D eigenvalue weighted by atomic mass is 32.1. The third-order valence-electron chi connectivity index (χ3n) is 5.62. The normalized spacial score (nSPS) is 31.2. The van der Waals surface area contributed by atoms with Crippen molar-refractivity contribution in [2.45, 2.75) is 51.0 Å². The number of hydrogen-bond acceptors (Lipinski definition) is 4. The smallest absolute Gasteiger partial charge is 0.220 e. The van der Waals surface area contributed by atoms with Crippen molar-refractivity contribution in [2.75, 3.05) is 13.1 Å². The number of piperidine rings is 2. The van der Waals surface area contributed by atoms with Crippen molar-refractivity contribution in [1.29, 1.82) is 0 Å². The highest BCUT2D eigenvalue weighted by Gasteiger charge is 2.31. The van der Waals surface area contributed by atoms with Crippen molar-refractivity contribution in [2.24, 2.45) is 5.92 Å². The topological polar surface area (TPSA) is 54.0 Å². The Hall–Kier alpha value is -1.46. The summed E-state index contributed by atoms with van der Waals surface area (Å²) in [6, 6.07) is 6.71. The molecule has 1 amide bonds. The number of thiazole rings is 1. The van der Waals surface area contributed by atoms with Gasteiger partial charge in [-0.1, -0.05) is 13.0 Å². The first-order valence-corrected chi connectivity index (χ1v) is 9.78. The van der Waals surface area contributed by atoms with E-state index in [2.05, 4.69) is 42.7 Å². The minimum Gasteiger partial charge on any atom is -0.356 e. The maximum Gasteiger partial charge on any atom is 0.220 e. The summed E-state index contributed by atoms with van der Waals surface area (Å²) in [5, 5.41) is 7.75. The van der Waals surface area contributed by atoms with Crippen molar-refractivity contribution >= 4 is 27.5 Å². The number of benzene rings is 1. The van der Waals surface area contributed by atoms with Crippen molar-refractivity contribution in [3.63, 3.8) is 0 Å². The van der Waals surface area contributed by atoms with Gasteiger partial charge in [0, 0.05) is 24.4 Å². The first-order chi connectivity index (χ1) is 11.5. The second-order valence-electron chi connectivity index (χ2n) is 7.63. The van der Waals surface area contributed by atoms with E-state index in [1.807, 2.05) is 0 Å². The molecule has 2 N–H and O–H groups in total. The Labute approximate surface area is 147 Å². The lowest BCUT2D eigenvalue weighted by Gasteiger charge is -2.38. The molecule has 0 saturated carbocycles. The monoisotopic (exact) mass is 343 g/mol. The first kappa shape index (κ1) is 16.0. The second kappa shape index (κ2) is 6.12. The minimum absolute atomic E-state index is 0.0508. The zero-order valence-corrected chi connectivity index (χ0v) is 15.2. The Kier molecular flexibility index (Phi) is 4.09. The molecule has 128 valence electrons. The zero-order chi connectivity index (χ0) is 16.7. The van der Waals surface area contributed by atoms with Crippen LogP contribution in [0.5, 0.6) is 0 Å². The predicted molar refractivity (Wildman–Crippen MR) is 98.4 cm³/mol. The number of aromatic nitrogens is 1. The number of nitrogens with zero attached hydrogens (tertiary/aromatic N) is 1. The van der Waals surface area contributed by atoms with Crippen LogP contribution in [0, 0.1) is 5.92 Å². The van der Waals surface area contributed by atoms with Crippen LogP contribution < -0.4 is 10.6 Å². The van der Waals surface area contributed by atoms with Crippen LogP contribution in [0.25, 0.3) is 10.2 Å². The average Bonchev–Trinajstić information content (AvgIpc) is 3.01. The molecule has 2 fully saturated rings. The SMILES string of the molecule is C[C@H]1CC[C@](C)(c2ccc3sc(C4CCNC(=O)C4)nc3c2)NC1. The van der Waals surface area contributed by atoms with Crippen LogP contribution in [0.1, 0.15) is 56.0 Å². The molecule has 1 aromatic heterocycles. The molecule has 2 aromatic rings. The van der Waals surface area contributed by atoms with Gasteiger partial charge in [-0.05, 0) is 56.3 Å². The van der Waals surface area contributed by atoms with Gasteiger partial charge in [0.1, 0.15) is 0 Å². The molecular weight excluding hydrogens is 318 g/mol. The average molecular weight is 343 g/mol. The standard InChI is InChI=1S/C19H25N3OS/c1-12-5-7-19(2,21-11-12)14-3-4-16-15(10-14)22-18(24-16)13-6-8-20-17(23)9-13/h3-4,10,12-13,21H,5-9,11H2,1-2H3,(H,20,23)/t12-,13?,19+/m0/s1. The molecule has 1 aromatic carbocycles. The maximum atomic E-state index is 11.6. The van der Waals surface area contributed by atoms with Crippen LogP contribution in [0.2, 0.25) is 0 Å². The van der Waals surface area contributed by atoms with Gasteiger partial charge in [-0.2, -0.15) is 0 Å². The lowest BCUT2D eigenvalue weighted by molar-refractivity contribution is -0.122. The first-order valence-electron chi connectivity index (χ1n) is 8.96. The summed E-state index contributed by atoms with van der Waals surface area (Å²) in [5.41, 5.74) is 2.47. The van der Waals surface area contributed by atoms with Gasteiger partial charge in [-0.25, -0.2) is 4.98 Å². The van der Waals surface area contributed by atoms with Crippen molar-refractivity contribution < 1.29 is 4.79 Å². The lowest BCUT2D eigenvalue weighted by Crippen LogP contribution is -2.45. The molecule has 5 heteroatoms. The fourth-order valence-electron chi connectivity index (χ4n) is 3.83. The number of rotatable bonds is 2. The Balaban J connectivity index is 1.62. The Morgan fingerprint density at radius 3 is 2.96 bits per heavy atom. The van der Waals surface area contributed by atoms with Crippen molar-refractivity contribution in [3.05, 3.63) is 28.8 Å². The third kappa shape index (κ3) is 2.95. The molecule has 2 aliphatic heterocycles. The van der Waals surface area contributed by atoms with Gasteiger partial charge in [0.05, 0.1) is 15.2 Å². The van der Waals surface area contributed by atoms with Gasteiger partial charge < -0.3 is 10.6 Å². The Morgan fingerprint density at radius 1 is 1.33 bits per heavy atom. The van der Waals surface area contributed by atoms with E-state index in [1.165, 1.54) is 23.1 Å². The predicted octanol–water partition coefficient (Wildman–Crippen LogP) is 3.52. The van der Waals surface area contributed by atoms with Gasteiger partial charge in [0.25, 0.3) is 0 Å². The number of nitrogens with one attached hydrogen (secondary N) is 2. The molecule has 2 aliphatic rings. The minimum atomic E-state index is 0.0508. The van der Waals surface area contributed by atoms with E-state index in [0.717, 1.165) is 36.0 Å². The second-order valence-corrected chi connectivity index (χ2v) is 8.69. The van der Waals surface area contributed by atoms with Crippen LogP contribution in [0.15, 0.2) is 18.2 Å². The Morgan fingerprint density at radius 2 is 2.21 bits per heavy atom. The third-order valence-corrected chi connectivity index (χ3v) is 6.81. The van der Waals surface area contributed by atoms with E-state index in [-0.39, 0.29) is 17.4 Å². The molecule has 0 spiro atoms. The highest BCUT2D eigenvalue weighted by Crippen LogP contribution is 2.36. The van der Waals surface area contributed by atoms with Gasteiger partial charge >= 0.3 is 0 Å². The van der Waals surface area contributed by atoms with Crippen LogP contribution in [0.3, 0.4) is 0 Å². The number of hydrogen-bond donors (Lipinski definition) is 2. The Bertz CT molecular complexity index is 761. The molecule has 0 bridgehead atoms. The van der Waals surface area contributed by atoms with Gasteiger partial charge in [-0.3, -0.25) is 4.79 Å². The largest absolute Gasteiger partial charge is 0.356 e. The van der Waals surface area contributed by atoms with E-state index in [9.17, 15) is 4.79 Å². The van der Waals surface area contributed by atoms with Gasteiger partial charge in [-0.15, -0.1) is 11.3 Å². The molecule has 3 atom stereocenters. The molecule has 0 aliphatic carbocycles. The van der Waals surface area contributed by atoms with Crippen molar-refractivity contribution in [3.8, 4) is 0 Å². The molecule has 24 heavy (non-hydrogen) atoms. The number of carbonyl (C=O) groups excluding carboxylic acids is 1. The van der Waals surface area contributed by atoms with Crippen molar-refractivity contribution in [1.82, 2.24) is 15.6 Å². The van der Waals surface area contributed by atoms with Crippen LogP contribution >= 0.6 is 11.3 Å². The molecule has 2 saturated heterocycles. The molecule has 0 radical (unpaired) electrons. The molecule has 4 nitrogen and oxygen atoms in total. The lowest BCUT2D eigenvalue weighted by atomic mass is 9.81. The number of carbonyl (C=O) groups is 1. The van der Waals surface area contributed by atoms with Gasteiger partial charge in [0.2, 0.25) is 5.91 Å². The number of amides is 1. The highest BCUT2D eigenvalue weighted by molar-refractivity contribution is 7.18. The summed E-state index contributed by atoms with van der Waals surface area (Å²) in [6.45, 7) is 6.46. The fraction of sp³-hybridized carbons (Fsp3) is 0.579. The van der Waals surface area contributed by atoms with E-state index in [4.69, 9.17) is 4.98 Å². The molecule has 3 heterocycles. The van der Waals surface area contributed by atoms with E-state index < -0.39 is 0 Å². The molecule has 4 rings (SSSR count). The van der Waals surface area contributed by atoms with Gasteiger partial charge in [0.15, 0.2) is 0 Å². The summed E-state index contributed by atoms with van der Waals surface area (Å²) in [4.78, 5) is 16.5. The fourth-order valence-corrected chi connectivity index (χ4v) is 4.91. The van der Waals surface area contributed by atoms with Crippen LogP contribution in [0.4, 0.5) is 0 Å². The quantitative estimate of drug-likeness (QED) is 0.877. The number of fused-ring (bicyclic) bond motifs is 1.